The Labute approximate surface area is 275 Å². The minimum atomic E-state index is -0.977. The van der Waals surface area contributed by atoms with Crippen molar-refractivity contribution in [3.63, 3.8) is 0 Å². The molecule has 1 aromatic rings. The van der Waals surface area contributed by atoms with Crippen molar-refractivity contribution in [2.24, 2.45) is 0 Å². The normalized spacial score (nSPS) is 11.2. The van der Waals surface area contributed by atoms with Crippen LogP contribution in [0.4, 0.5) is 0 Å². The third-order valence-corrected chi connectivity index (χ3v) is 14.3. The summed E-state index contributed by atoms with van der Waals surface area (Å²) in [4.78, 5) is 10.3. The maximum atomic E-state index is 10.3. The van der Waals surface area contributed by atoms with Crippen LogP contribution in [0, 0.1) is 11.3 Å². The van der Waals surface area contributed by atoms with E-state index >= 15 is 0 Å². The molecule has 3 nitrogen and oxygen atoms in total. The van der Waals surface area contributed by atoms with Gasteiger partial charge in [-0.25, -0.2) is 4.79 Å². The third-order valence-electron chi connectivity index (χ3n) is 9.20. The van der Waals surface area contributed by atoms with Gasteiger partial charge < -0.3 is 5.11 Å². The van der Waals surface area contributed by atoms with E-state index in [2.05, 4.69) is 27.7 Å². The maximum Gasteiger partial charge on any atom is 0.335 e. The van der Waals surface area contributed by atoms with Crippen molar-refractivity contribution >= 4 is 13.2 Å². The minimum Gasteiger partial charge on any atom is -0.478 e. The minimum absolute atomic E-state index is 0.198. The van der Waals surface area contributed by atoms with Gasteiger partial charge >= 0.3 is 5.97 Å². The lowest BCUT2D eigenvalue weighted by atomic mass is 10.1. The molecule has 0 radical (unpaired) electrons. The van der Waals surface area contributed by atoms with Crippen LogP contribution >= 0.6 is 7.26 Å². The zero-order valence-corrected chi connectivity index (χ0v) is 30.8. The molecule has 0 aliphatic carbocycles. The average Bonchev–Trinajstić information content (AvgIpc) is 3.04. The highest BCUT2D eigenvalue weighted by molar-refractivity contribution is 7.75. The summed E-state index contributed by atoms with van der Waals surface area (Å²) in [5.74, 6) is -0.977. The Bertz CT molecular complexity index is 769. The molecule has 0 saturated heterocycles. The van der Waals surface area contributed by atoms with E-state index in [9.17, 15) is 4.79 Å². The number of hydrogen-bond donors (Lipinski definition) is 1. The Morgan fingerprint density at radius 1 is 0.523 bits per heavy atom. The number of carboxylic acid groups (broad SMARTS) is 1. The van der Waals surface area contributed by atoms with Crippen molar-refractivity contribution in [3.8, 4) is 6.07 Å². The van der Waals surface area contributed by atoms with Gasteiger partial charge in [0, 0.05) is 7.26 Å². The molecule has 0 atom stereocenters. The molecule has 254 valence electrons. The number of carbonyl (C=O) groups is 1. The number of hydrogen-bond acceptors (Lipinski definition) is 2. The van der Waals surface area contributed by atoms with E-state index in [-0.39, 0.29) is 5.56 Å². The van der Waals surface area contributed by atoms with Crippen LogP contribution in [0.3, 0.4) is 0 Å². The number of carboxylic acids is 1. The SMILES string of the molecule is CCCCCCCCCCCCCC[P+](CCCCCC)(CCCCCC)CCCCCC.N#Cc1ccc(C(=O)O)cc1. The van der Waals surface area contributed by atoms with Crippen LogP contribution in [-0.2, 0) is 0 Å². The number of benzene rings is 1. The van der Waals surface area contributed by atoms with Gasteiger partial charge in [0.1, 0.15) is 0 Å². The van der Waals surface area contributed by atoms with Crippen molar-refractivity contribution in [2.45, 2.75) is 182 Å². The van der Waals surface area contributed by atoms with Crippen LogP contribution in [-0.4, -0.2) is 35.7 Å². The zero-order chi connectivity index (χ0) is 32.6. The van der Waals surface area contributed by atoms with Crippen LogP contribution in [0.25, 0.3) is 0 Å². The Balaban J connectivity index is 0.00000139. The second-order valence-corrected chi connectivity index (χ2v) is 17.8. The van der Waals surface area contributed by atoms with Gasteiger partial charge in [0.05, 0.1) is 41.8 Å². The number of nitrogens with zero attached hydrogens (tertiary/aromatic N) is 1. The first-order valence-corrected chi connectivity index (χ1v) is 21.6. The summed E-state index contributed by atoms with van der Waals surface area (Å²) in [5.41, 5.74) is 0.666. The van der Waals surface area contributed by atoms with Gasteiger partial charge in [0.2, 0.25) is 0 Å². The average molecular weight is 631 g/mol. The molecule has 0 fully saturated rings. The summed E-state index contributed by atoms with van der Waals surface area (Å²) in [7, 11) is -0.697. The first-order valence-electron chi connectivity index (χ1n) is 19.1. The number of nitriles is 1. The molecule has 0 amide bonds. The van der Waals surface area contributed by atoms with Crippen LogP contribution in [0.1, 0.15) is 198 Å². The van der Waals surface area contributed by atoms with Gasteiger partial charge in [0.25, 0.3) is 0 Å². The van der Waals surface area contributed by atoms with Crippen LogP contribution in [0.15, 0.2) is 24.3 Å². The summed E-state index contributed by atoms with van der Waals surface area (Å²) in [6, 6.07) is 7.66. The van der Waals surface area contributed by atoms with Gasteiger partial charge in [-0.1, -0.05) is 130 Å². The smallest absolute Gasteiger partial charge is 0.335 e. The third kappa shape index (κ3) is 24.9. The standard InChI is InChI=1S/C32H68P.C8H5NO2/c1-5-9-13-17-18-19-20-21-22-23-24-28-32-33(29-25-14-10-6-2,30-26-15-11-7-3)31-27-16-12-8-4;9-5-6-1-3-7(4-2-6)8(10)11/h5-32H2,1-4H3;1-4H,(H,10,11)/q+1;. The van der Waals surface area contributed by atoms with Gasteiger partial charge in [-0.15, -0.1) is 0 Å². The summed E-state index contributed by atoms with van der Waals surface area (Å²) in [6.45, 7) is 9.41. The van der Waals surface area contributed by atoms with Gasteiger partial charge in [-0.3, -0.25) is 0 Å². The Morgan fingerprint density at radius 2 is 0.795 bits per heavy atom. The Hall–Kier alpha value is -1.39. The second kappa shape index (κ2) is 31.6. The highest BCUT2D eigenvalue weighted by Crippen LogP contribution is 2.61. The number of rotatable bonds is 29. The quantitative estimate of drug-likeness (QED) is 0.0707. The summed E-state index contributed by atoms with van der Waals surface area (Å²) >= 11 is 0. The molecule has 0 spiro atoms. The molecule has 0 unspecified atom stereocenters. The van der Waals surface area contributed by atoms with Crippen molar-refractivity contribution < 1.29 is 9.90 Å². The van der Waals surface area contributed by atoms with Crippen molar-refractivity contribution in [1.29, 1.82) is 5.26 Å². The molecule has 0 aliphatic rings. The Morgan fingerprint density at radius 3 is 1.07 bits per heavy atom. The van der Waals surface area contributed by atoms with Gasteiger partial charge in [-0.05, 0) is 75.6 Å². The highest BCUT2D eigenvalue weighted by atomic mass is 31.2. The topological polar surface area (TPSA) is 61.1 Å². The first-order chi connectivity index (χ1) is 21.5. The Kier molecular flexibility index (Phi) is 30.6. The molecule has 1 rings (SSSR count). The van der Waals surface area contributed by atoms with E-state index in [4.69, 9.17) is 10.4 Å². The molecule has 1 N–H and O–H groups in total. The summed E-state index contributed by atoms with van der Waals surface area (Å²) in [6.07, 6.45) is 42.1. The van der Waals surface area contributed by atoms with E-state index in [1.54, 1.807) is 50.3 Å². The predicted molar refractivity (Wildman–Crippen MR) is 198 cm³/mol. The van der Waals surface area contributed by atoms with Crippen molar-refractivity contribution in [1.82, 2.24) is 0 Å². The van der Waals surface area contributed by atoms with Crippen molar-refractivity contribution in [3.05, 3.63) is 35.4 Å². The summed E-state index contributed by atoms with van der Waals surface area (Å²) in [5, 5.41) is 16.8. The van der Waals surface area contributed by atoms with E-state index in [0.29, 0.717) is 5.56 Å². The molecule has 0 aliphatic heterocycles. The predicted octanol–water partition coefficient (Wildman–Crippen LogP) is 13.7. The summed E-state index contributed by atoms with van der Waals surface area (Å²) < 4.78 is 0. The zero-order valence-electron chi connectivity index (χ0n) is 29.9. The molecule has 1 aromatic carbocycles. The first kappa shape index (κ1) is 42.6. The van der Waals surface area contributed by atoms with E-state index in [1.807, 2.05) is 6.07 Å². The lowest BCUT2D eigenvalue weighted by Gasteiger charge is -2.28. The molecule has 0 aromatic heterocycles. The van der Waals surface area contributed by atoms with Crippen LogP contribution < -0.4 is 0 Å². The molecule has 0 heterocycles. The molecular weight excluding hydrogens is 557 g/mol. The van der Waals surface area contributed by atoms with Gasteiger partial charge in [0.15, 0.2) is 0 Å². The van der Waals surface area contributed by atoms with Crippen LogP contribution in [0.5, 0.6) is 0 Å². The fourth-order valence-electron chi connectivity index (χ4n) is 6.27. The van der Waals surface area contributed by atoms with E-state index < -0.39 is 13.2 Å². The van der Waals surface area contributed by atoms with E-state index in [0.717, 1.165) is 0 Å². The van der Waals surface area contributed by atoms with E-state index in [1.165, 1.54) is 153 Å². The molecule has 44 heavy (non-hydrogen) atoms. The van der Waals surface area contributed by atoms with Crippen LogP contribution in [0.2, 0.25) is 0 Å². The monoisotopic (exact) mass is 631 g/mol. The molecule has 0 saturated carbocycles. The van der Waals surface area contributed by atoms with Crippen molar-refractivity contribution in [2.75, 3.05) is 24.6 Å². The number of unbranched alkanes of at least 4 members (excludes halogenated alkanes) is 20. The van der Waals surface area contributed by atoms with Gasteiger partial charge in [-0.2, -0.15) is 5.26 Å². The lowest BCUT2D eigenvalue weighted by molar-refractivity contribution is 0.0697. The fraction of sp³-hybridized carbons (Fsp3) is 0.800. The molecule has 4 heteroatoms. The molecule has 0 bridgehead atoms. The number of aromatic carboxylic acids is 1. The fourth-order valence-corrected chi connectivity index (χ4v) is 11.2. The highest BCUT2D eigenvalue weighted by Gasteiger charge is 2.34. The largest absolute Gasteiger partial charge is 0.478 e. The maximum absolute atomic E-state index is 10.3. The molecular formula is C40H73NO2P+. The second-order valence-electron chi connectivity index (χ2n) is 13.3. The lowest BCUT2D eigenvalue weighted by Crippen LogP contribution is -2.13.